The summed E-state index contributed by atoms with van der Waals surface area (Å²) in [6.45, 7) is 3.94. The summed E-state index contributed by atoms with van der Waals surface area (Å²) in [6, 6.07) is 18.8. The fourth-order valence-electron chi connectivity index (χ4n) is 5.78. The van der Waals surface area contributed by atoms with E-state index in [2.05, 4.69) is 10.3 Å². The summed E-state index contributed by atoms with van der Waals surface area (Å²) in [6.07, 6.45) is 3.64. The first-order valence-electron chi connectivity index (χ1n) is 12.5. The highest BCUT2D eigenvalue weighted by molar-refractivity contribution is 6.34. The van der Waals surface area contributed by atoms with E-state index in [9.17, 15) is 19.8 Å². The van der Waals surface area contributed by atoms with E-state index in [1.54, 1.807) is 24.4 Å². The number of anilines is 1. The van der Waals surface area contributed by atoms with Crippen molar-refractivity contribution in [3.05, 3.63) is 100 Å². The van der Waals surface area contributed by atoms with Crippen molar-refractivity contribution in [1.82, 2.24) is 4.98 Å². The number of hydrogen-bond acceptors (Lipinski definition) is 4. The van der Waals surface area contributed by atoms with E-state index in [1.807, 2.05) is 56.3 Å². The van der Waals surface area contributed by atoms with E-state index >= 15 is 0 Å². The Hall–Kier alpha value is -4.16. The first-order chi connectivity index (χ1) is 18.2. The van der Waals surface area contributed by atoms with Gasteiger partial charge in [-0.05, 0) is 64.4 Å². The third-order valence-corrected chi connectivity index (χ3v) is 8.15. The number of nitrogens with zero attached hydrogens (tertiary/aromatic N) is 1. The van der Waals surface area contributed by atoms with E-state index in [1.165, 1.54) is 6.20 Å². The highest BCUT2D eigenvalue weighted by Gasteiger charge is 2.65. The molecule has 1 aromatic heterocycles. The summed E-state index contributed by atoms with van der Waals surface area (Å²) in [4.78, 5) is 29.2. The molecule has 0 bridgehead atoms. The molecule has 0 saturated heterocycles. The normalized spacial score (nSPS) is 19.5. The average molecular weight is 525 g/mol. The fraction of sp³-hybridized carbons (Fsp3) is 0.194. The molecule has 3 aromatic carbocycles. The summed E-state index contributed by atoms with van der Waals surface area (Å²) in [5, 5.41) is 23.5. The summed E-state index contributed by atoms with van der Waals surface area (Å²) in [7, 11) is 0. The molecule has 0 radical (unpaired) electrons. The molecule has 38 heavy (non-hydrogen) atoms. The van der Waals surface area contributed by atoms with E-state index in [0.29, 0.717) is 22.7 Å². The SMILES string of the molecule is CC(C)c1ccc(C2CC23C(=O)Nc2cc(Cl)c(-c4ccc(-c5ccncc5O)cc4)cc23)cc1C(=O)O. The van der Waals surface area contributed by atoms with Crippen LogP contribution in [0.15, 0.2) is 73.1 Å². The zero-order valence-corrected chi connectivity index (χ0v) is 21.6. The highest BCUT2D eigenvalue weighted by atomic mass is 35.5. The van der Waals surface area contributed by atoms with E-state index in [4.69, 9.17) is 11.6 Å². The number of rotatable bonds is 5. The van der Waals surface area contributed by atoms with Gasteiger partial charge in [-0.1, -0.05) is 61.8 Å². The van der Waals surface area contributed by atoms with Crippen molar-refractivity contribution in [2.75, 3.05) is 5.32 Å². The van der Waals surface area contributed by atoms with Crippen LogP contribution in [0.2, 0.25) is 5.02 Å². The third kappa shape index (κ3) is 3.67. The molecule has 1 amide bonds. The molecule has 1 saturated carbocycles. The Labute approximate surface area is 224 Å². The largest absolute Gasteiger partial charge is 0.506 e. The van der Waals surface area contributed by atoms with Crippen LogP contribution in [-0.2, 0) is 10.2 Å². The molecule has 190 valence electrons. The van der Waals surface area contributed by atoms with Crippen LogP contribution in [0.4, 0.5) is 5.69 Å². The number of carbonyl (C=O) groups is 2. The molecule has 6 rings (SSSR count). The van der Waals surface area contributed by atoms with Gasteiger partial charge in [0.1, 0.15) is 5.75 Å². The Bertz CT molecular complexity index is 1630. The van der Waals surface area contributed by atoms with Gasteiger partial charge in [-0.3, -0.25) is 9.78 Å². The number of carboxylic acids is 1. The summed E-state index contributed by atoms with van der Waals surface area (Å²) < 4.78 is 0. The van der Waals surface area contributed by atoms with Gasteiger partial charge in [0.15, 0.2) is 0 Å². The van der Waals surface area contributed by atoms with Gasteiger partial charge in [0, 0.05) is 28.9 Å². The lowest BCUT2D eigenvalue weighted by Crippen LogP contribution is -2.21. The molecule has 1 fully saturated rings. The maximum atomic E-state index is 13.3. The van der Waals surface area contributed by atoms with Crippen molar-refractivity contribution in [3.8, 4) is 28.0 Å². The molecule has 7 heteroatoms. The number of pyridine rings is 1. The lowest BCUT2D eigenvalue weighted by Gasteiger charge is -2.15. The highest BCUT2D eigenvalue weighted by Crippen LogP contribution is 2.65. The van der Waals surface area contributed by atoms with E-state index in [-0.39, 0.29) is 29.1 Å². The quantitative estimate of drug-likeness (QED) is 0.262. The topological polar surface area (TPSA) is 99.5 Å². The smallest absolute Gasteiger partial charge is 0.335 e. The Morgan fingerprint density at radius 1 is 1.05 bits per heavy atom. The second-order valence-corrected chi connectivity index (χ2v) is 10.7. The standard InChI is InChI=1S/C31H25ClN2O4/c1-16(2)20-8-7-19(11-23(20)29(36)37)25-14-31(25)24-12-22(26(32)13-27(24)34-30(31)38)18-5-3-17(4-6-18)21-9-10-33-15-28(21)35/h3-13,15-16,25,35H,14H2,1-2H3,(H,34,38)(H,36,37). The van der Waals surface area contributed by atoms with Crippen molar-refractivity contribution in [1.29, 1.82) is 0 Å². The maximum absolute atomic E-state index is 13.3. The van der Waals surface area contributed by atoms with Crippen molar-refractivity contribution in [2.24, 2.45) is 0 Å². The van der Waals surface area contributed by atoms with Crippen LogP contribution in [0.1, 0.15) is 59.2 Å². The molecule has 4 aromatic rings. The Morgan fingerprint density at radius 3 is 2.42 bits per heavy atom. The minimum Gasteiger partial charge on any atom is -0.506 e. The molecule has 1 aliphatic carbocycles. The zero-order valence-electron chi connectivity index (χ0n) is 20.8. The maximum Gasteiger partial charge on any atom is 0.335 e. The van der Waals surface area contributed by atoms with E-state index in [0.717, 1.165) is 33.4 Å². The monoisotopic (exact) mass is 524 g/mol. The summed E-state index contributed by atoms with van der Waals surface area (Å²) >= 11 is 6.68. The number of fused-ring (bicyclic) bond motifs is 2. The summed E-state index contributed by atoms with van der Waals surface area (Å²) in [5.74, 6) is -0.973. The first kappa shape index (κ1) is 24.2. The van der Waals surface area contributed by atoms with Gasteiger partial charge in [0.25, 0.3) is 0 Å². The zero-order chi connectivity index (χ0) is 26.8. The average Bonchev–Trinajstić information content (AvgIpc) is 3.59. The Balaban J connectivity index is 1.38. The first-order valence-corrected chi connectivity index (χ1v) is 12.8. The number of aromatic nitrogens is 1. The number of halogens is 1. The van der Waals surface area contributed by atoms with Crippen LogP contribution in [0.5, 0.6) is 5.75 Å². The lowest BCUT2D eigenvalue weighted by molar-refractivity contribution is -0.118. The number of nitrogens with one attached hydrogen (secondary N) is 1. The van der Waals surface area contributed by atoms with Crippen molar-refractivity contribution >= 4 is 29.2 Å². The third-order valence-electron chi connectivity index (χ3n) is 7.84. The molecular formula is C31H25ClN2O4. The minimum absolute atomic E-state index is 0.0810. The van der Waals surface area contributed by atoms with Crippen LogP contribution in [0.3, 0.4) is 0 Å². The molecule has 1 aliphatic heterocycles. The Morgan fingerprint density at radius 2 is 1.76 bits per heavy atom. The molecule has 1 spiro atoms. The number of aromatic carboxylic acids is 1. The predicted molar refractivity (Wildman–Crippen MR) is 147 cm³/mol. The van der Waals surface area contributed by atoms with Crippen LogP contribution in [-0.4, -0.2) is 27.1 Å². The van der Waals surface area contributed by atoms with Gasteiger partial charge < -0.3 is 15.5 Å². The number of carbonyl (C=O) groups excluding carboxylic acids is 1. The molecule has 3 N–H and O–H groups in total. The molecule has 2 unspecified atom stereocenters. The molecule has 2 atom stereocenters. The van der Waals surface area contributed by atoms with Crippen molar-refractivity contribution in [2.45, 2.75) is 37.5 Å². The van der Waals surface area contributed by atoms with Gasteiger partial charge in [0.05, 0.1) is 22.2 Å². The second-order valence-electron chi connectivity index (χ2n) is 10.3. The Kier molecular flexibility index (Phi) is 5.54. The van der Waals surface area contributed by atoms with Crippen LogP contribution < -0.4 is 5.32 Å². The van der Waals surface area contributed by atoms with Gasteiger partial charge in [-0.25, -0.2) is 4.79 Å². The number of hydrogen-bond donors (Lipinski definition) is 3. The molecule has 2 aliphatic rings. The second kappa shape index (κ2) is 8.71. The number of benzene rings is 3. The molecule has 6 nitrogen and oxygen atoms in total. The van der Waals surface area contributed by atoms with Gasteiger partial charge in [0.2, 0.25) is 5.91 Å². The lowest BCUT2D eigenvalue weighted by atomic mass is 9.88. The number of aromatic hydroxyl groups is 1. The number of carboxylic acid groups (broad SMARTS) is 1. The molecular weight excluding hydrogens is 500 g/mol. The van der Waals surface area contributed by atoms with Crippen LogP contribution in [0, 0.1) is 0 Å². The van der Waals surface area contributed by atoms with Gasteiger partial charge in [-0.2, -0.15) is 0 Å². The van der Waals surface area contributed by atoms with Crippen molar-refractivity contribution < 1.29 is 19.8 Å². The van der Waals surface area contributed by atoms with Gasteiger partial charge in [-0.15, -0.1) is 0 Å². The number of amides is 1. The minimum atomic E-state index is -0.959. The predicted octanol–water partition coefficient (Wildman–Crippen LogP) is 6.97. The van der Waals surface area contributed by atoms with Gasteiger partial charge >= 0.3 is 5.97 Å². The van der Waals surface area contributed by atoms with Crippen LogP contribution >= 0.6 is 11.6 Å². The summed E-state index contributed by atoms with van der Waals surface area (Å²) in [5.41, 5.74) is 5.98. The molecule has 2 heterocycles. The van der Waals surface area contributed by atoms with E-state index < -0.39 is 11.4 Å². The van der Waals surface area contributed by atoms with Crippen molar-refractivity contribution in [3.63, 3.8) is 0 Å². The fourth-order valence-corrected chi connectivity index (χ4v) is 6.05. The van der Waals surface area contributed by atoms with Crippen LogP contribution in [0.25, 0.3) is 22.3 Å².